The van der Waals surface area contributed by atoms with Gasteiger partial charge in [0.15, 0.2) is 0 Å². The molecule has 0 aliphatic carbocycles. The third kappa shape index (κ3) is 2.77. The lowest BCUT2D eigenvalue weighted by atomic mass is 9.88. The fraction of sp³-hybridized carbons (Fsp3) is 0.417. The lowest BCUT2D eigenvalue weighted by Gasteiger charge is -2.18. The molecule has 0 aromatic heterocycles. The summed E-state index contributed by atoms with van der Waals surface area (Å²) < 4.78 is 0. The molecule has 0 atom stereocenters. The predicted molar refractivity (Wildman–Crippen MR) is 56.0 cm³/mol. The minimum Gasteiger partial charge on any atom is -0.507 e. The summed E-state index contributed by atoms with van der Waals surface area (Å²) in [5.74, 6) is 0.0780. The molecule has 0 saturated heterocycles. The number of benzene rings is 1. The number of nitriles is 1. The smallest absolute Gasteiger partial charge is 0.133 e. The van der Waals surface area contributed by atoms with Crippen molar-refractivity contribution in [3.63, 3.8) is 0 Å². The maximum atomic E-state index is 9.47. The van der Waals surface area contributed by atoms with Crippen molar-refractivity contribution in [2.45, 2.75) is 27.2 Å². The van der Waals surface area contributed by atoms with Crippen LogP contribution in [0.5, 0.6) is 5.75 Å². The predicted octanol–water partition coefficient (Wildman–Crippen LogP) is 2.85. The molecule has 0 amide bonds. The number of phenolic OH excluding ortho intramolecular Hbond substituents is 1. The standard InChI is InChI=1S/C12H15NO/c1-12(2,3)7-9-4-5-10(8-13)11(14)6-9/h4-6,14H,7H2,1-3H3. The van der Waals surface area contributed by atoms with Gasteiger partial charge in [0.1, 0.15) is 11.8 Å². The molecule has 74 valence electrons. The van der Waals surface area contributed by atoms with Gasteiger partial charge in [0.2, 0.25) is 0 Å². The molecule has 2 nitrogen and oxygen atoms in total. The van der Waals surface area contributed by atoms with Crippen molar-refractivity contribution in [1.82, 2.24) is 0 Å². The van der Waals surface area contributed by atoms with E-state index in [1.807, 2.05) is 12.1 Å². The van der Waals surface area contributed by atoms with Crippen LogP contribution in [0.25, 0.3) is 0 Å². The second kappa shape index (κ2) is 3.71. The Hall–Kier alpha value is -1.49. The molecule has 0 heterocycles. The van der Waals surface area contributed by atoms with E-state index in [1.165, 1.54) is 0 Å². The molecule has 1 aromatic carbocycles. The van der Waals surface area contributed by atoms with Crippen molar-refractivity contribution in [3.8, 4) is 11.8 Å². The van der Waals surface area contributed by atoms with E-state index in [4.69, 9.17) is 5.26 Å². The van der Waals surface area contributed by atoms with Crippen molar-refractivity contribution >= 4 is 0 Å². The molecule has 0 aliphatic heterocycles. The van der Waals surface area contributed by atoms with Gasteiger partial charge < -0.3 is 5.11 Å². The third-order valence-electron chi connectivity index (χ3n) is 1.92. The van der Waals surface area contributed by atoms with Gasteiger partial charge in [-0.2, -0.15) is 5.26 Å². The summed E-state index contributed by atoms with van der Waals surface area (Å²) in [6.45, 7) is 6.42. The Kier molecular flexibility index (Phi) is 2.81. The highest BCUT2D eigenvalue weighted by molar-refractivity contribution is 5.44. The quantitative estimate of drug-likeness (QED) is 0.738. The minimum absolute atomic E-state index is 0.0780. The molecule has 1 rings (SSSR count). The van der Waals surface area contributed by atoms with Gasteiger partial charge in [0, 0.05) is 0 Å². The van der Waals surface area contributed by atoms with E-state index in [1.54, 1.807) is 12.1 Å². The van der Waals surface area contributed by atoms with E-state index in [9.17, 15) is 5.11 Å². The van der Waals surface area contributed by atoms with Crippen LogP contribution in [0.3, 0.4) is 0 Å². The summed E-state index contributed by atoms with van der Waals surface area (Å²) in [7, 11) is 0. The van der Waals surface area contributed by atoms with Gasteiger partial charge in [-0.05, 0) is 29.5 Å². The van der Waals surface area contributed by atoms with Crippen LogP contribution in [0.2, 0.25) is 0 Å². The van der Waals surface area contributed by atoms with Gasteiger partial charge in [-0.15, -0.1) is 0 Å². The van der Waals surface area contributed by atoms with Gasteiger partial charge in [-0.25, -0.2) is 0 Å². The first-order valence-corrected chi connectivity index (χ1v) is 4.64. The van der Waals surface area contributed by atoms with Crippen molar-refractivity contribution < 1.29 is 5.11 Å². The maximum Gasteiger partial charge on any atom is 0.133 e. The first-order chi connectivity index (χ1) is 6.42. The fourth-order valence-electron chi connectivity index (χ4n) is 1.39. The molecule has 0 aliphatic rings. The number of hydrogen-bond acceptors (Lipinski definition) is 2. The van der Waals surface area contributed by atoms with Crippen molar-refractivity contribution in [2.24, 2.45) is 5.41 Å². The molecule has 14 heavy (non-hydrogen) atoms. The number of phenols is 1. The van der Waals surface area contributed by atoms with E-state index < -0.39 is 0 Å². The van der Waals surface area contributed by atoms with Gasteiger partial charge in [-0.3, -0.25) is 0 Å². The van der Waals surface area contributed by atoms with Crippen molar-refractivity contribution in [3.05, 3.63) is 29.3 Å². The summed E-state index contributed by atoms with van der Waals surface area (Å²) in [6, 6.07) is 7.16. The molecule has 0 fully saturated rings. The Morgan fingerprint density at radius 1 is 1.36 bits per heavy atom. The highest BCUT2D eigenvalue weighted by atomic mass is 16.3. The number of hydrogen-bond donors (Lipinski definition) is 1. The number of rotatable bonds is 1. The summed E-state index contributed by atoms with van der Waals surface area (Å²) in [6.07, 6.45) is 0.895. The fourth-order valence-corrected chi connectivity index (χ4v) is 1.39. The molecule has 0 spiro atoms. The highest BCUT2D eigenvalue weighted by Gasteiger charge is 2.12. The average molecular weight is 189 g/mol. The van der Waals surface area contributed by atoms with Crippen LogP contribution in [-0.4, -0.2) is 5.11 Å². The molecule has 1 N–H and O–H groups in total. The molecule has 0 bridgehead atoms. The molecule has 0 radical (unpaired) electrons. The first-order valence-electron chi connectivity index (χ1n) is 4.64. The van der Waals surface area contributed by atoms with Crippen LogP contribution in [0, 0.1) is 16.7 Å². The van der Waals surface area contributed by atoms with E-state index in [0.29, 0.717) is 5.56 Å². The molecular weight excluding hydrogens is 174 g/mol. The van der Waals surface area contributed by atoms with Crippen molar-refractivity contribution in [1.29, 1.82) is 5.26 Å². The Balaban J connectivity index is 2.94. The third-order valence-corrected chi connectivity index (χ3v) is 1.92. The second-order valence-corrected chi connectivity index (χ2v) is 4.70. The van der Waals surface area contributed by atoms with E-state index in [0.717, 1.165) is 12.0 Å². The zero-order valence-corrected chi connectivity index (χ0v) is 8.83. The molecule has 2 heteroatoms. The lowest BCUT2D eigenvalue weighted by molar-refractivity contribution is 0.409. The van der Waals surface area contributed by atoms with E-state index in [2.05, 4.69) is 20.8 Å². The van der Waals surface area contributed by atoms with Gasteiger partial charge >= 0.3 is 0 Å². The van der Waals surface area contributed by atoms with Crippen LogP contribution >= 0.6 is 0 Å². The Labute approximate surface area is 84.8 Å². The maximum absolute atomic E-state index is 9.47. The normalized spacial score (nSPS) is 11.0. The van der Waals surface area contributed by atoms with Crippen LogP contribution in [0.1, 0.15) is 31.9 Å². The lowest BCUT2D eigenvalue weighted by Crippen LogP contribution is -2.08. The Morgan fingerprint density at radius 2 is 2.00 bits per heavy atom. The largest absolute Gasteiger partial charge is 0.507 e. The summed E-state index contributed by atoms with van der Waals surface area (Å²) in [4.78, 5) is 0. The molecule has 0 unspecified atom stereocenters. The molecule has 0 saturated carbocycles. The topological polar surface area (TPSA) is 44.0 Å². The van der Waals surface area contributed by atoms with Crippen LogP contribution in [0.4, 0.5) is 0 Å². The van der Waals surface area contributed by atoms with Crippen molar-refractivity contribution in [2.75, 3.05) is 0 Å². The van der Waals surface area contributed by atoms with Gasteiger partial charge in [0.25, 0.3) is 0 Å². The zero-order valence-electron chi connectivity index (χ0n) is 8.83. The number of nitrogens with zero attached hydrogens (tertiary/aromatic N) is 1. The average Bonchev–Trinajstić information content (AvgIpc) is 2.01. The van der Waals surface area contributed by atoms with E-state index in [-0.39, 0.29) is 11.2 Å². The second-order valence-electron chi connectivity index (χ2n) is 4.70. The SMILES string of the molecule is CC(C)(C)Cc1ccc(C#N)c(O)c1. The summed E-state index contributed by atoms with van der Waals surface area (Å²) >= 11 is 0. The monoisotopic (exact) mass is 189 g/mol. The van der Waals surface area contributed by atoms with Crippen LogP contribution < -0.4 is 0 Å². The Morgan fingerprint density at radius 3 is 2.43 bits per heavy atom. The van der Waals surface area contributed by atoms with Gasteiger partial charge in [-0.1, -0.05) is 26.8 Å². The minimum atomic E-state index is 0.0780. The first kappa shape index (κ1) is 10.6. The Bertz CT molecular complexity index is 369. The summed E-state index contributed by atoms with van der Waals surface area (Å²) in [5, 5.41) is 18.1. The van der Waals surface area contributed by atoms with E-state index >= 15 is 0 Å². The zero-order chi connectivity index (χ0) is 10.8. The summed E-state index contributed by atoms with van der Waals surface area (Å²) in [5.41, 5.74) is 1.59. The van der Waals surface area contributed by atoms with Crippen LogP contribution in [0.15, 0.2) is 18.2 Å². The molecule has 1 aromatic rings. The molecular formula is C12H15NO. The highest BCUT2D eigenvalue weighted by Crippen LogP contribution is 2.24. The van der Waals surface area contributed by atoms with Gasteiger partial charge in [0.05, 0.1) is 5.56 Å². The van der Waals surface area contributed by atoms with Crippen LogP contribution in [-0.2, 0) is 6.42 Å². The number of aromatic hydroxyl groups is 1.